The summed E-state index contributed by atoms with van der Waals surface area (Å²) >= 11 is 0. The van der Waals surface area contributed by atoms with Gasteiger partial charge in [0.2, 0.25) is 0 Å². The first-order valence-electron chi connectivity index (χ1n) is 6.98. The van der Waals surface area contributed by atoms with Crippen molar-refractivity contribution in [1.29, 1.82) is 0 Å². The maximum Gasteiger partial charge on any atom is 0.144 e. The van der Waals surface area contributed by atoms with E-state index in [0.29, 0.717) is 11.8 Å². The maximum atomic E-state index is 13.1. The molecule has 0 aromatic heterocycles. The molecule has 1 aliphatic rings. The van der Waals surface area contributed by atoms with Crippen LogP contribution >= 0.6 is 0 Å². The fourth-order valence-corrected chi connectivity index (χ4v) is 2.69. The van der Waals surface area contributed by atoms with Crippen molar-refractivity contribution in [2.75, 3.05) is 32.6 Å². The minimum absolute atomic E-state index is 0.269. The first-order chi connectivity index (χ1) is 9.20. The Kier molecular flexibility index (Phi) is 5.02. The van der Waals surface area contributed by atoms with Gasteiger partial charge in [-0.2, -0.15) is 0 Å². The molecule has 1 aromatic carbocycles. The Morgan fingerprint density at radius 2 is 2.26 bits per heavy atom. The fourth-order valence-electron chi connectivity index (χ4n) is 2.69. The molecule has 0 spiro atoms. The van der Waals surface area contributed by atoms with Gasteiger partial charge in [-0.05, 0) is 45.0 Å². The number of piperidine rings is 1. The van der Waals surface area contributed by atoms with Crippen LogP contribution in [0.3, 0.4) is 0 Å². The van der Waals surface area contributed by atoms with E-state index >= 15 is 0 Å². The molecule has 19 heavy (non-hydrogen) atoms. The van der Waals surface area contributed by atoms with Crippen molar-refractivity contribution in [2.24, 2.45) is 0 Å². The van der Waals surface area contributed by atoms with Gasteiger partial charge >= 0.3 is 0 Å². The molecule has 106 valence electrons. The minimum atomic E-state index is -0.269. The van der Waals surface area contributed by atoms with Crippen molar-refractivity contribution in [1.82, 2.24) is 4.90 Å². The zero-order valence-corrected chi connectivity index (χ0v) is 11.8. The Labute approximate surface area is 114 Å². The van der Waals surface area contributed by atoms with Gasteiger partial charge in [-0.3, -0.25) is 0 Å². The zero-order valence-electron chi connectivity index (χ0n) is 11.8. The van der Waals surface area contributed by atoms with E-state index in [1.165, 1.54) is 37.9 Å². The number of methoxy groups -OCH3 is 1. The Hall–Kier alpha value is -1.29. The number of benzene rings is 1. The molecule has 1 aliphatic heterocycles. The molecular formula is C15H23FN2O. The van der Waals surface area contributed by atoms with E-state index in [2.05, 4.69) is 17.3 Å². The SMILES string of the molecule is COc1cc(F)ccc1NCCC1CCCCN1C. The number of ether oxygens (including phenoxy) is 1. The predicted molar refractivity (Wildman–Crippen MR) is 76.3 cm³/mol. The summed E-state index contributed by atoms with van der Waals surface area (Å²) in [5, 5.41) is 3.34. The summed E-state index contributed by atoms with van der Waals surface area (Å²) in [7, 11) is 3.76. The molecule has 0 radical (unpaired) electrons. The zero-order chi connectivity index (χ0) is 13.7. The molecule has 4 heteroatoms. The molecule has 3 nitrogen and oxygen atoms in total. The van der Waals surface area contributed by atoms with E-state index in [-0.39, 0.29) is 5.82 Å². The van der Waals surface area contributed by atoms with Crippen LogP contribution in [-0.2, 0) is 0 Å². The van der Waals surface area contributed by atoms with Crippen LogP contribution in [0.25, 0.3) is 0 Å². The smallest absolute Gasteiger partial charge is 0.144 e. The minimum Gasteiger partial charge on any atom is -0.494 e. The fraction of sp³-hybridized carbons (Fsp3) is 0.600. The molecule has 0 aliphatic carbocycles. The summed E-state index contributed by atoms with van der Waals surface area (Å²) in [6.07, 6.45) is 5.02. The molecule has 1 atom stereocenters. The third kappa shape index (κ3) is 3.83. The normalized spacial score (nSPS) is 20.3. The summed E-state index contributed by atoms with van der Waals surface area (Å²) in [5.74, 6) is 0.298. The van der Waals surface area contributed by atoms with E-state index in [4.69, 9.17) is 4.74 Å². The van der Waals surface area contributed by atoms with E-state index in [1.807, 2.05) is 0 Å². The van der Waals surface area contributed by atoms with Crippen LogP contribution in [0.15, 0.2) is 18.2 Å². The van der Waals surface area contributed by atoms with Crippen LogP contribution in [0.5, 0.6) is 5.75 Å². The molecule has 1 saturated heterocycles. The number of nitrogens with one attached hydrogen (secondary N) is 1. The molecule has 1 heterocycles. The van der Waals surface area contributed by atoms with Crippen molar-refractivity contribution >= 4 is 5.69 Å². The number of nitrogens with zero attached hydrogens (tertiary/aromatic N) is 1. The van der Waals surface area contributed by atoms with Crippen LogP contribution in [-0.4, -0.2) is 38.2 Å². The lowest BCUT2D eigenvalue weighted by molar-refractivity contribution is 0.179. The van der Waals surface area contributed by atoms with E-state index in [9.17, 15) is 4.39 Å². The topological polar surface area (TPSA) is 24.5 Å². The van der Waals surface area contributed by atoms with E-state index in [0.717, 1.165) is 18.7 Å². The third-order valence-electron chi connectivity index (χ3n) is 3.88. The summed E-state index contributed by atoms with van der Waals surface area (Å²) in [5.41, 5.74) is 0.863. The van der Waals surface area contributed by atoms with Crippen LogP contribution in [0, 0.1) is 5.82 Å². The lowest BCUT2D eigenvalue weighted by atomic mass is 10.0. The van der Waals surface area contributed by atoms with Crippen molar-refractivity contribution in [3.8, 4) is 5.75 Å². The highest BCUT2D eigenvalue weighted by atomic mass is 19.1. The van der Waals surface area contributed by atoms with Gasteiger partial charge in [0.1, 0.15) is 11.6 Å². The third-order valence-corrected chi connectivity index (χ3v) is 3.88. The molecule has 0 amide bonds. The Balaban J connectivity index is 1.85. The van der Waals surface area contributed by atoms with Crippen molar-refractivity contribution in [3.63, 3.8) is 0 Å². The Bertz CT molecular complexity index is 411. The van der Waals surface area contributed by atoms with Gasteiger partial charge < -0.3 is 15.0 Å². The second kappa shape index (κ2) is 6.75. The number of likely N-dealkylation sites (tertiary alicyclic amines) is 1. The highest BCUT2D eigenvalue weighted by Crippen LogP contribution is 2.25. The van der Waals surface area contributed by atoms with Gasteiger partial charge in [0.15, 0.2) is 0 Å². The van der Waals surface area contributed by atoms with Gasteiger partial charge in [-0.25, -0.2) is 4.39 Å². The Morgan fingerprint density at radius 1 is 1.42 bits per heavy atom. The number of halogens is 1. The summed E-state index contributed by atoms with van der Waals surface area (Å²) in [6.45, 7) is 2.08. The monoisotopic (exact) mass is 266 g/mol. The molecular weight excluding hydrogens is 243 g/mol. The first kappa shape index (κ1) is 14.1. The van der Waals surface area contributed by atoms with Gasteiger partial charge in [-0.15, -0.1) is 0 Å². The lowest BCUT2D eigenvalue weighted by Crippen LogP contribution is -2.37. The maximum absolute atomic E-state index is 13.1. The molecule has 1 aromatic rings. The second-order valence-electron chi connectivity index (χ2n) is 5.19. The summed E-state index contributed by atoms with van der Waals surface area (Å²) in [6, 6.07) is 5.26. The van der Waals surface area contributed by atoms with Gasteiger partial charge in [0.25, 0.3) is 0 Å². The predicted octanol–water partition coefficient (Wildman–Crippen LogP) is 3.12. The molecule has 1 unspecified atom stereocenters. The number of anilines is 1. The van der Waals surface area contributed by atoms with Gasteiger partial charge in [0.05, 0.1) is 12.8 Å². The highest BCUT2D eigenvalue weighted by molar-refractivity contribution is 5.56. The quantitative estimate of drug-likeness (QED) is 0.886. The van der Waals surface area contributed by atoms with Crippen LogP contribution in [0.2, 0.25) is 0 Å². The molecule has 2 rings (SSSR count). The Morgan fingerprint density at radius 3 is 3.00 bits per heavy atom. The number of rotatable bonds is 5. The van der Waals surface area contributed by atoms with Crippen LogP contribution in [0.4, 0.5) is 10.1 Å². The van der Waals surface area contributed by atoms with Crippen LogP contribution in [0.1, 0.15) is 25.7 Å². The van der Waals surface area contributed by atoms with Crippen molar-refractivity contribution < 1.29 is 9.13 Å². The molecule has 0 bridgehead atoms. The summed E-state index contributed by atoms with van der Waals surface area (Å²) < 4.78 is 18.3. The van der Waals surface area contributed by atoms with E-state index in [1.54, 1.807) is 13.2 Å². The average Bonchev–Trinajstić information content (AvgIpc) is 2.42. The van der Waals surface area contributed by atoms with Crippen molar-refractivity contribution in [3.05, 3.63) is 24.0 Å². The first-order valence-corrected chi connectivity index (χ1v) is 6.98. The lowest BCUT2D eigenvalue weighted by Gasteiger charge is -2.32. The van der Waals surface area contributed by atoms with Gasteiger partial charge in [0, 0.05) is 18.7 Å². The van der Waals surface area contributed by atoms with E-state index < -0.39 is 0 Å². The van der Waals surface area contributed by atoms with Gasteiger partial charge in [-0.1, -0.05) is 6.42 Å². The standard InChI is InChI=1S/C15H23FN2O/c1-18-10-4-3-5-13(18)8-9-17-14-7-6-12(16)11-15(14)19-2/h6-7,11,13,17H,3-5,8-10H2,1-2H3. The van der Waals surface area contributed by atoms with Crippen molar-refractivity contribution in [2.45, 2.75) is 31.7 Å². The van der Waals surface area contributed by atoms with Crippen LogP contribution < -0.4 is 10.1 Å². The molecule has 1 N–H and O–H groups in total. The highest BCUT2D eigenvalue weighted by Gasteiger charge is 2.18. The molecule has 1 fully saturated rings. The number of hydrogen-bond donors (Lipinski definition) is 1. The largest absolute Gasteiger partial charge is 0.494 e. The molecule has 0 saturated carbocycles. The second-order valence-corrected chi connectivity index (χ2v) is 5.19. The summed E-state index contributed by atoms with van der Waals surface area (Å²) in [4.78, 5) is 2.44. The average molecular weight is 266 g/mol. The number of hydrogen-bond acceptors (Lipinski definition) is 3.